The molecule has 10 heteroatoms. The molecule has 0 saturated heterocycles. The number of aromatic nitrogens is 2. The molecule has 0 aliphatic rings. The number of hydrogen-bond donors (Lipinski definition) is 2. The Morgan fingerprint density at radius 2 is 1.66 bits per heavy atom. The molecule has 32 heavy (non-hydrogen) atoms. The molecule has 10 nitrogen and oxygen atoms in total. The minimum Gasteiger partial charge on any atom is -0.497 e. The highest BCUT2D eigenvalue weighted by Gasteiger charge is 2.24. The van der Waals surface area contributed by atoms with E-state index in [1.807, 2.05) is 0 Å². The quantitative estimate of drug-likeness (QED) is 0.240. The summed E-state index contributed by atoms with van der Waals surface area (Å²) in [5.41, 5.74) is 0.786. The first-order valence-electron chi connectivity index (χ1n) is 10.0. The van der Waals surface area contributed by atoms with Crippen LogP contribution in [0.4, 0.5) is 28.7 Å². The summed E-state index contributed by atoms with van der Waals surface area (Å²) in [4.78, 5) is 19.5. The molecule has 0 saturated carbocycles. The Balaban J connectivity index is 1.86. The van der Waals surface area contributed by atoms with Crippen LogP contribution in [0.1, 0.15) is 19.8 Å². The van der Waals surface area contributed by atoms with Gasteiger partial charge in [-0.1, -0.05) is 13.3 Å². The van der Waals surface area contributed by atoms with Gasteiger partial charge in [-0.2, -0.15) is 0 Å². The number of methoxy groups -OCH3 is 2. The van der Waals surface area contributed by atoms with Crippen LogP contribution in [0, 0.1) is 10.1 Å². The summed E-state index contributed by atoms with van der Waals surface area (Å²) in [6.07, 6.45) is 3.27. The minimum atomic E-state index is -0.542. The van der Waals surface area contributed by atoms with Gasteiger partial charge in [-0.05, 0) is 42.8 Å². The van der Waals surface area contributed by atoms with Crippen LogP contribution in [0.15, 0.2) is 48.8 Å². The third-order valence-corrected chi connectivity index (χ3v) is 4.55. The number of rotatable bonds is 11. The Morgan fingerprint density at radius 3 is 2.28 bits per heavy atom. The molecule has 3 rings (SSSR count). The fourth-order valence-corrected chi connectivity index (χ4v) is 2.88. The van der Waals surface area contributed by atoms with Gasteiger partial charge in [-0.3, -0.25) is 10.1 Å². The lowest BCUT2D eigenvalue weighted by atomic mass is 10.2. The summed E-state index contributed by atoms with van der Waals surface area (Å²) < 4.78 is 16.2. The maximum Gasteiger partial charge on any atom is 0.353 e. The van der Waals surface area contributed by atoms with E-state index in [4.69, 9.17) is 14.2 Å². The fourth-order valence-electron chi connectivity index (χ4n) is 2.88. The van der Waals surface area contributed by atoms with E-state index < -0.39 is 4.92 Å². The van der Waals surface area contributed by atoms with Crippen molar-refractivity contribution in [1.82, 2.24) is 9.97 Å². The van der Waals surface area contributed by atoms with Gasteiger partial charge in [-0.15, -0.1) is 0 Å². The number of anilines is 4. The maximum absolute atomic E-state index is 11.9. The van der Waals surface area contributed by atoms with Crippen molar-refractivity contribution in [2.24, 2.45) is 0 Å². The number of ether oxygens (including phenoxy) is 3. The highest BCUT2D eigenvalue weighted by molar-refractivity contribution is 5.78. The average Bonchev–Trinajstić information content (AvgIpc) is 2.80. The summed E-state index contributed by atoms with van der Waals surface area (Å²) in [5, 5.41) is 17.8. The molecule has 0 amide bonds. The molecule has 0 unspecified atom stereocenters. The molecule has 0 aliphatic carbocycles. The first-order valence-corrected chi connectivity index (χ1v) is 10.0. The molecule has 168 valence electrons. The highest BCUT2D eigenvalue weighted by atomic mass is 16.6. The van der Waals surface area contributed by atoms with Gasteiger partial charge in [0, 0.05) is 11.8 Å². The Kier molecular flexibility index (Phi) is 7.63. The van der Waals surface area contributed by atoms with Crippen molar-refractivity contribution in [3.8, 4) is 17.2 Å². The van der Waals surface area contributed by atoms with Gasteiger partial charge in [-0.25, -0.2) is 9.97 Å². The summed E-state index contributed by atoms with van der Waals surface area (Å²) >= 11 is 0. The van der Waals surface area contributed by atoms with Gasteiger partial charge in [0.2, 0.25) is 11.6 Å². The largest absolute Gasteiger partial charge is 0.497 e. The van der Waals surface area contributed by atoms with Gasteiger partial charge in [0.05, 0.1) is 31.4 Å². The van der Waals surface area contributed by atoms with Crippen molar-refractivity contribution in [3.05, 3.63) is 58.9 Å². The van der Waals surface area contributed by atoms with Crippen LogP contribution in [-0.2, 0) is 0 Å². The lowest BCUT2D eigenvalue weighted by Gasteiger charge is -2.13. The SMILES string of the molecule is CCCCOc1ccc(Nc2ncnc(Nc3cc(OC)ccc3OC)c2[N+](=O)[O-])cc1. The number of nitrogens with one attached hydrogen (secondary N) is 2. The van der Waals surface area contributed by atoms with Crippen molar-refractivity contribution in [3.63, 3.8) is 0 Å². The monoisotopic (exact) mass is 439 g/mol. The second-order valence-electron chi connectivity index (χ2n) is 6.72. The molecule has 0 aliphatic heterocycles. The van der Waals surface area contributed by atoms with E-state index in [1.165, 1.54) is 20.5 Å². The van der Waals surface area contributed by atoms with Gasteiger partial charge < -0.3 is 24.8 Å². The summed E-state index contributed by atoms with van der Waals surface area (Å²) in [6.45, 7) is 2.74. The second kappa shape index (κ2) is 10.8. The lowest BCUT2D eigenvalue weighted by molar-refractivity contribution is -0.383. The average molecular weight is 439 g/mol. The second-order valence-corrected chi connectivity index (χ2v) is 6.72. The Bertz CT molecular complexity index is 1060. The zero-order chi connectivity index (χ0) is 22.9. The summed E-state index contributed by atoms with van der Waals surface area (Å²) in [6, 6.07) is 12.2. The van der Waals surface area contributed by atoms with E-state index in [2.05, 4.69) is 27.5 Å². The van der Waals surface area contributed by atoms with Gasteiger partial charge in [0.1, 0.15) is 23.6 Å². The minimum absolute atomic E-state index is 0.0126. The summed E-state index contributed by atoms with van der Waals surface area (Å²) in [7, 11) is 3.03. The molecule has 0 spiro atoms. The molecule has 1 aromatic heterocycles. The van der Waals surface area contributed by atoms with E-state index in [1.54, 1.807) is 42.5 Å². The number of benzene rings is 2. The van der Waals surface area contributed by atoms with Crippen LogP contribution in [0.3, 0.4) is 0 Å². The van der Waals surface area contributed by atoms with E-state index in [9.17, 15) is 10.1 Å². The lowest BCUT2D eigenvalue weighted by Crippen LogP contribution is -2.06. The van der Waals surface area contributed by atoms with Crippen molar-refractivity contribution >= 4 is 28.7 Å². The van der Waals surface area contributed by atoms with Crippen molar-refractivity contribution in [1.29, 1.82) is 0 Å². The van der Waals surface area contributed by atoms with Gasteiger partial charge in [0.15, 0.2) is 0 Å². The predicted octanol–water partition coefficient (Wildman–Crippen LogP) is 5.07. The third-order valence-electron chi connectivity index (χ3n) is 4.55. The van der Waals surface area contributed by atoms with Gasteiger partial charge in [0.25, 0.3) is 0 Å². The molecule has 1 heterocycles. The van der Waals surface area contributed by atoms with E-state index in [0.29, 0.717) is 29.5 Å². The van der Waals surface area contributed by atoms with Crippen LogP contribution >= 0.6 is 0 Å². The van der Waals surface area contributed by atoms with Crippen molar-refractivity contribution < 1.29 is 19.1 Å². The molecule has 0 bridgehead atoms. The Hall–Kier alpha value is -4.08. The molecular weight excluding hydrogens is 414 g/mol. The molecule has 2 aromatic carbocycles. The van der Waals surface area contributed by atoms with Crippen LogP contribution in [0.25, 0.3) is 0 Å². The van der Waals surface area contributed by atoms with Crippen molar-refractivity contribution in [2.45, 2.75) is 19.8 Å². The zero-order valence-corrected chi connectivity index (χ0v) is 18.1. The third kappa shape index (κ3) is 5.54. The molecular formula is C22H25N5O5. The first kappa shape index (κ1) is 22.6. The first-order chi connectivity index (χ1) is 15.5. The fraction of sp³-hybridized carbons (Fsp3) is 0.273. The Morgan fingerprint density at radius 1 is 0.969 bits per heavy atom. The smallest absolute Gasteiger partial charge is 0.353 e. The molecule has 0 fully saturated rings. The number of unbranched alkanes of at least 4 members (excludes halogenated alkanes) is 1. The van der Waals surface area contributed by atoms with E-state index >= 15 is 0 Å². The summed E-state index contributed by atoms with van der Waals surface area (Å²) in [5.74, 6) is 1.83. The topological polar surface area (TPSA) is 121 Å². The predicted molar refractivity (Wildman–Crippen MR) is 122 cm³/mol. The van der Waals surface area contributed by atoms with Crippen molar-refractivity contribution in [2.75, 3.05) is 31.5 Å². The highest BCUT2D eigenvalue weighted by Crippen LogP contribution is 2.37. The zero-order valence-electron chi connectivity index (χ0n) is 18.1. The van der Waals surface area contributed by atoms with Crippen LogP contribution in [0.2, 0.25) is 0 Å². The molecule has 0 radical (unpaired) electrons. The molecule has 0 atom stereocenters. The Labute approximate surface area is 185 Å². The standard InChI is InChI=1S/C22H25N5O5/c1-4-5-12-32-16-8-6-15(7-9-16)25-21-20(27(28)29)22(24-14-23-21)26-18-13-17(30-2)10-11-19(18)31-3/h6-11,13-14H,4-5,12H2,1-3H3,(H2,23,24,25,26). The molecule has 2 N–H and O–H groups in total. The van der Waals surface area contributed by atoms with E-state index in [-0.39, 0.29) is 17.3 Å². The van der Waals surface area contributed by atoms with Crippen LogP contribution < -0.4 is 24.8 Å². The normalized spacial score (nSPS) is 10.3. The van der Waals surface area contributed by atoms with Gasteiger partial charge >= 0.3 is 5.69 Å². The maximum atomic E-state index is 11.9. The molecule has 3 aromatic rings. The number of hydrogen-bond acceptors (Lipinski definition) is 9. The number of nitrogens with zero attached hydrogens (tertiary/aromatic N) is 3. The number of nitro groups is 1. The van der Waals surface area contributed by atoms with Crippen LogP contribution in [-0.4, -0.2) is 35.7 Å². The van der Waals surface area contributed by atoms with E-state index in [0.717, 1.165) is 18.6 Å². The van der Waals surface area contributed by atoms with Crippen LogP contribution in [0.5, 0.6) is 17.2 Å².